The van der Waals surface area contributed by atoms with Crippen LogP contribution in [0.15, 0.2) is 47.7 Å². The van der Waals surface area contributed by atoms with E-state index in [1.54, 1.807) is 35.4 Å². The first-order valence-corrected chi connectivity index (χ1v) is 9.74. The third kappa shape index (κ3) is 3.84. The van der Waals surface area contributed by atoms with Crippen LogP contribution < -0.4 is 10.9 Å². The van der Waals surface area contributed by atoms with E-state index in [4.69, 9.17) is 0 Å². The monoisotopic (exact) mass is 392 g/mol. The number of amides is 1. The number of rotatable bonds is 4. The highest BCUT2D eigenvalue weighted by atomic mass is 16.2. The largest absolute Gasteiger partial charge is 0.330 e. The highest BCUT2D eigenvalue weighted by Crippen LogP contribution is 2.22. The number of nitrogens with one attached hydrogen (secondary N) is 2. The van der Waals surface area contributed by atoms with Crippen LogP contribution in [0.25, 0.3) is 17.1 Å². The maximum atomic E-state index is 12.9. The molecule has 3 aromatic rings. The van der Waals surface area contributed by atoms with Crippen molar-refractivity contribution in [2.75, 3.05) is 19.6 Å². The fraction of sp³-hybridized carbons (Fsp3) is 0.333. The fourth-order valence-electron chi connectivity index (χ4n) is 3.65. The smallest absolute Gasteiger partial charge is 0.256 e. The van der Waals surface area contributed by atoms with Crippen LogP contribution in [0, 0.1) is 0 Å². The van der Waals surface area contributed by atoms with Crippen molar-refractivity contribution in [3.8, 4) is 0 Å². The van der Waals surface area contributed by atoms with E-state index in [1.165, 1.54) is 6.08 Å². The standard InChI is InChI=1S/C21H24N6O2/c1-14(2)27-20-17(12-24-27)11-16(21(29)25-20)3-4-19(28)26-10-9-23-13-18(26)15-5-7-22-8-6-15/h3-8,11-12,14,18,23H,9-10,13H2,1-2H3,(H,25,29)/b4-3+. The second-order valence-corrected chi connectivity index (χ2v) is 7.41. The topological polar surface area (TPSA) is 95.9 Å². The second kappa shape index (κ2) is 8.00. The molecule has 1 unspecified atom stereocenters. The van der Waals surface area contributed by atoms with E-state index in [-0.39, 0.29) is 23.6 Å². The first kappa shape index (κ1) is 19.1. The van der Waals surface area contributed by atoms with Gasteiger partial charge in [-0.3, -0.25) is 14.6 Å². The molecule has 1 aliphatic heterocycles. The Morgan fingerprint density at radius 3 is 2.86 bits per heavy atom. The van der Waals surface area contributed by atoms with Crippen LogP contribution in [0.3, 0.4) is 0 Å². The van der Waals surface area contributed by atoms with Crippen molar-refractivity contribution in [1.29, 1.82) is 0 Å². The Morgan fingerprint density at radius 2 is 2.10 bits per heavy atom. The highest BCUT2D eigenvalue weighted by molar-refractivity contribution is 5.92. The van der Waals surface area contributed by atoms with E-state index in [0.29, 0.717) is 24.3 Å². The van der Waals surface area contributed by atoms with Crippen LogP contribution in [0.4, 0.5) is 0 Å². The summed E-state index contributed by atoms with van der Waals surface area (Å²) in [5.41, 5.74) is 1.92. The molecule has 150 valence electrons. The molecule has 1 saturated heterocycles. The summed E-state index contributed by atoms with van der Waals surface area (Å²) < 4.78 is 1.77. The van der Waals surface area contributed by atoms with Crippen LogP contribution in [-0.4, -0.2) is 50.2 Å². The SMILES string of the molecule is CC(C)n1ncc2cc(/C=C/C(=O)N3CCNCC3c3ccncc3)c(=O)[nH]c21. The van der Waals surface area contributed by atoms with E-state index in [0.717, 1.165) is 17.5 Å². The summed E-state index contributed by atoms with van der Waals surface area (Å²) in [7, 11) is 0. The molecule has 1 fully saturated rings. The number of hydrogen-bond acceptors (Lipinski definition) is 5. The van der Waals surface area contributed by atoms with Gasteiger partial charge >= 0.3 is 0 Å². The van der Waals surface area contributed by atoms with Gasteiger partial charge in [-0.25, -0.2) is 4.68 Å². The Kier molecular flexibility index (Phi) is 5.26. The average molecular weight is 392 g/mol. The molecular formula is C21H24N6O2. The lowest BCUT2D eigenvalue weighted by molar-refractivity contribution is -0.129. The molecular weight excluding hydrogens is 368 g/mol. The van der Waals surface area contributed by atoms with Gasteiger partial charge in [0.2, 0.25) is 5.91 Å². The number of hydrogen-bond donors (Lipinski definition) is 2. The molecule has 0 aromatic carbocycles. The lowest BCUT2D eigenvalue weighted by Gasteiger charge is -2.35. The molecule has 0 saturated carbocycles. The van der Waals surface area contributed by atoms with Gasteiger partial charge < -0.3 is 15.2 Å². The lowest BCUT2D eigenvalue weighted by Crippen LogP contribution is -2.48. The van der Waals surface area contributed by atoms with Gasteiger partial charge in [-0.15, -0.1) is 0 Å². The predicted molar refractivity (Wildman–Crippen MR) is 111 cm³/mol. The number of carbonyl (C=O) groups excluding carboxylic acids is 1. The minimum Gasteiger partial charge on any atom is -0.330 e. The minimum atomic E-state index is -0.241. The van der Waals surface area contributed by atoms with Crippen LogP contribution in [0.1, 0.15) is 37.1 Å². The molecule has 0 aliphatic carbocycles. The van der Waals surface area contributed by atoms with Gasteiger partial charge in [0.15, 0.2) is 0 Å². The van der Waals surface area contributed by atoms with Crippen molar-refractivity contribution >= 4 is 23.0 Å². The lowest BCUT2D eigenvalue weighted by atomic mass is 10.0. The summed E-state index contributed by atoms with van der Waals surface area (Å²) in [6, 6.07) is 5.69. The average Bonchev–Trinajstić information content (AvgIpc) is 3.15. The number of H-pyrrole nitrogens is 1. The Morgan fingerprint density at radius 1 is 1.31 bits per heavy atom. The van der Waals surface area contributed by atoms with E-state index < -0.39 is 0 Å². The van der Waals surface area contributed by atoms with Crippen molar-refractivity contribution < 1.29 is 4.79 Å². The first-order chi connectivity index (χ1) is 14.0. The molecule has 29 heavy (non-hydrogen) atoms. The molecule has 8 nitrogen and oxygen atoms in total. The summed E-state index contributed by atoms with van der Waals surface area (Å²) in [4.78, 5) is 34.1. The zero-order valence-corrected chi connectivity index (χ0v) is 16.5. The van der Waals surface area contributed by atoms with Gasteiger partial charge in [-0.2, -0.15) is 5.10 Å². The van der Waals surface area contributed by atoms with Crippen molar-refractivity contribution in [2.45, 2.75) is 25.9 Å². The van der Waals surface area contributed by atoms with Gasteiger partial charge in [-0.1, -0.05) is 0 Å². The van der Waals surface area contributed by atoms with Gasteiger partial charge in [0.05, 0.1) is 12.2 Å². The van der Waals surface area contributed by atoms with Crippen molar-refractivity contribution in [3.05, 3.63) is 64.3 Å². The number of fused-ring (bicyclic) bond motifs is 1. The molecule has 2 N–H and O–H groups in total. The number of piperazine rings is 1. The summed E-state index contributed by atoms with van der Waals surface area (Å²) in [5, 5.41) is 8.49. The number of aromatic amines is 1. The molecule has 3 aromatic heterocycles. The molecule has 1 atom stereocenters. The predicted octanol–water partition coefficient (Wildman–Crippen LogP) is 1.89. The van der Waals surface area contributed by atoms with Crippen molar-refractivity contribution in [3.63, 3.8) is 0 Å². The Hall–Kier alpha value is -3.26. The molecule has 4 heterocycles. The van der Waals surface area contributed by atoms with Crippen LogP contribution in [-0.2, 0) is 4.79 Å². The van der Waals surface area contributed by atoms with Gasteiger partial charge in [0.25, 0.3) is 5.56 Å². The summed E-state index contributed by atoms with van der Waals surface area (Å²) in [6.45, 7) is 6.03. The Balaban J connectivity index is 1.59. The maximum absolute atomic E-state index is 12.9. The summed E-state index contributed by atoms with van der Waals surface area (Å²) in [5.74, 6) is -0.120. The van der Waals surface area contributed by atoms with Crippen LogP contribution in [0.5, 0.6) is 0 Å². The fourth-order valence-corrected chi connectivity index (χ4v) is 3.65. The molecule has 8 heteroatoms. The number of nitrogens with zero attached hydrogens (tertiary/aromatic N) is 4. The molecule has 1 amide bonds. The third-order valence-electron chi connectivity index (χ3n) is 5.14. The second-order valence-electron chi connectivity index (χ2n) is 7.41. The van der Waals surface area contributed by atoms with E-state index in [2.05, 4.69) is 20.4 Å². The molecule has 1 aliphatic rings. The highest BCUT2D eigenvalue weighted by Gasteiger charge is 2.26. The van der Waals surface area contributed by atoms with Crippen LogP contribution in [0.2, 0.25) is 0 Å². The van der Waals surface area contributed by atoms with E-state index >= 15 is 0 Å². The normalized spacial score (nSPS) is 17.5. The molecule has 0 bridgehead atoms. The third-order valence-corrected chi connectivity index (χ3v) is 5.14. The number of carbonyl (C=O) groups is 1. The Labute approximate surface area is 168 Å². The number of aromatic nitrogens is 4. The van der Waals surface area contributed by atoms with E-state index in [1.807, 2.05) is 30.9 Å². The van der Waals surface area contributed by atoms with Crippen LogP contribution >= 0.6 is 0 Å². The quantitative estimate of drug-likeness (QED) is 0.661. The molecule has 0 radical (unpaired) electrons. The molecule has 4 rings (SSSR count). The van der Waals surface area contributed by atoms with Gasteiger partial charge in [0.1, 0.15) is 5.65 Å². The maximum Gasteiger partial charge on any atom is 0.256 e. The van der Waals surface area contributed by atoms with Gasteiger partial charge in [0, 0.05) is 55.1 Å². The van der Waals surface area contributed by atoms with Crippen molar-refractivity contribution in [2.24, 2.45) is 0 Å². The minimum absolute atomic E-state index is 0.0612. The zero-order chi connectivity index (χ0) is 20.4. The summed E-state index contributed by atoms with van der Waals surface area (Å²) in [6.07, 6.45) is 8.24. The number of pyridine rings is 2. The zero-order valence-electron chi connectivity index (χ0n) is 16.5. The van der Waals surface area contributed by atoms with Crippen molar-refractivity contribution in [1.82, 2.24) is 30.0 Å². The first-order valence-electron chi connectivity index (χ1n) is 9.74. The summed E-state index contributed by atoms with van der Waals surface area (Å²) >= 11 is 0. The molecule has 0 spiro atoms. The van der Waals surface area contributed by atoms with E-state index in [9.17, 15) is 9.59 Å². The Bertz CT molecular complexity index is 1100. The van der Waals surface area contributed by atoms with Gasteiger partial charge in [-0.05, 0) is 43.7 Å².